The Morgan fingerprint density at radius 1 is 0.848 bits per heavy atom. The lowest BCUT2D eigenvalue weighted by Crippen LogP contribution is -2.50. The predicted octanol–water partition coefficient (Wildman–Crippen LogP) is 9.57. The molecule has 7 heteroatoms. The predicted molar refractivity (Wildman–Crippen MR) is 197 cm³/mol. The van der Waals surface area contributed by atoms with Crippen LogP contribution in [0.3, 0.4) is 0 Å². The Labute approximate surface area is 288 Å². The summed E-state index contributed by atoms with van der Waals surface area (Å²) in [6, 6.07) is 11.8. The Hall–Kier alpha value is -1.38. The molecule has 5 nitrogen and oxygen atoms in total. The van der Waals surface area contributed by atoms with Gasteiger partial charge in [0.1, 0.15) is 10.1 Å². The molecule has 46 heavy (non-hydrogen) atoms. The fourth-order valence-corrected chi connectivity index (χ4v) is 11.3. The first kappa shape index (κ1) is 37.4. The maximum atomic E-state index is 10.2. The topological polar surface area (TPSA) is 98.0 Å². The van der Waals surface area contributed by atoms with E-state index in [1.54, 1.807) is 39.6 Å². The van der Waals surface area contributed by atoms with E-state index in [0.717, 1.165) is 58.4 Å². The number of pyridine rings is 2. The van der Waals surface area contributed by atoms with E-state index in [4.69, 9.17) is 11.5 Å². The average molecular weight is 667 g/mol. The Kier molecular flexibility index (Phi) is 14.5. The van der Waals surface area contributed by atoms with Gasteiger partial charge in [0.2, 0.25) is 0 Å². The van der Waals surface area contributed by atoms with Crippen molar-refractivity contribution in [3.05, 3.63) is 60.4 Å². The molecule has 0 aliphatic heterocycles. The highest BCUT2D eigenvalue weighted by Crippen LogP contribution is 2.67. The largest absolute Gasteiger partial charge is 0.393 e. The van der Waals surface area contributed by atoms with Crippen LogP contribution in [-0.4, -0.2) is 34.3 Å². The highest BCUT2D eigenvalue weighted by Gasteiger charge is 2.59. The van der Waals surface area contributed by atoms with E-state index < -0.39 is 0 Å². The van der Waals surface area contributed by atoms with Crippen LogP contribution >= 0.6 is 21.6 Å². The molecule has 0 amide bonds. The first-order valence-corrected chi connectivity index (χ1v) is 20.2. The number of rotatable bonds is 9. The van der Waals surface area contributed by atoms with E-state index in [9.17, 15) is 5.11 Å². The van der Waals surface area contributed by atoms with Crippen LogP contribution in [0.4, 0.5) is 0 Å². The molecule has 2 heterocycles. The molecule has 0 radical (unpaired) electrons. The van der Waals surface area contributed by atoms with Gasteiger partial charge in [0.05, 0.1) is 6.10 Å². The van der Waals surface area contributed by atoms with Crippen molar-refractivity contribution in [3.8, 4) is 0 Å². The smallest absolute Gasteiger partial charge is 0.107 e. The molecule has 4 aliphatic carbocycles. The molecule has 0 aromatic carbocycles. The van der Waals surface area contributed by atoms with Crippen LogP contribution in [0.15, 0.2) is 70.5 Å². The summed E-state index contributed by atoms with van der Waals surface area (Å²) in [6.07, 6.45) is 20.7. The van der Waals surface area contributed by atoms with Gasteiger partial charge >= 0.3 is 0 Å². The van der Waals surface area contributed by atoms with Gasteiger partial charge in [-0.05, 0) is 144 Å². The van der Waals surface area contributed by atoms with Crippen molar-refractivity contribution in [2.45, 2.75) is 121 Å². The van der Waals surface area contributed by atoms with Gasteiger partial charge in [-0.3, -0.25) is 0 Å². The molecule has 0 saturated heterocycles. The molecular weight excluding hydrogens is 605 g/mol. The molecule has 3 saturated carbocycles. The lowest BCUT2D eigenvalue weighted by Gasteiger charge is -2.58. The number of nitrogens with zero attached hydrogens (tertiary/aromatic N) is 2. The van der Waals surface area contributed by atoms with Crippen molar-refractivity contribution < 1.29 is 5.11 Å². The standard InChI is InChI=1S/C27H46O.C10H8N2S2.C2H8N2/c1-18(2)7-6-8-19(3)23-11-12-24-22-10-9-20-17-21(28)13-15-26(20,4)25(22)14-16-27(23,24)5;1-3-7-11-9(5-1)13-14-10-6-2-4-8-12-10;3-1-2-4/h9,18-19,21-25,28H,6-8,10-17H2,1-5H3;1-8H;1-4H2/t19-,21+,22+,23-,24+,25+,26+,27-;;/m1../s1. The Balaban J connectivity index is 0.000000222. The number of nitrogens with two attached hydrogens (primary N) is 2. The summed E-state index contributed by atoms with van der Waals surface area (Å²) in [7, 11) is 3.23. The molecule has 8 atom stereocenters. The van der Waals surface area contributed by atoms with Crippen molar-refractivity contribution in [2.24, 2.45) is 57.8 Å². The number of hydrogen-bond acceptors (Lipinski definition) is 7. The van der Waals surface area contributed by atoms with Crippen LogP contribution in [-0.2, 0) is 0 Å². The second-order valence-corrected chi connectivity index (χ2v) is 17.4. The number of aromatic nitrogens is 2. The lowest BCUT2D eigenvalue weighted by atomic mass is 9.47. The Morgan fingerprint density at radius 2 is 1.50 bits per heavy atom. The van der Waals surface area contributed by atoms with E-state index >= 15 is 0 Å². The third-order valence-electron chi connectivity index (χ3n) is 11.9. The zero-order chi connectivity index (χ0) is 33.2. The van der Waals surface area contributed by atoms with Crippen molar-refractivity contribution in [3.63, 3.8) is 0 Å². The molecule has 256 valence electrons. The molecular formula is C39H62N4OS2. The lowest BCUT2D eigenvalue weighted by molar-refractivity contribution is -0.0573. The minimum Gasteiger partial charge on any atom is -0.393 e. The van der Waals surface area contributed by atoms with Crippen LogP contribution in [0.5, 0.6) is 0 Å². The van der Waals surface area contributed by atoms with Crippen molar-refractivity contribution >= 4 is 21.6 Å². The van der Waals surface area contributed by atoms with E-state index in [0.29, 0.717) is 23.9 Å². The van der Waals surface area contributed by atoms with Crippen molar-refractivity contribution in [1.82, 2.24) is 9.97 Å². The van der Waals surface area contributed by atoms with Crippen LogP contribution in [0.1, 0.15) is 105 Å². The number of aliphatic hydroxyl groups is 1. The monoisotopic (exact) mass is 666 g/mol. The molecule has 2 aromatic rings. The fraction of sp³-hybridized carbons (Fsp3) is 0.692. The molecule has 0 spiro atoms. The van der Waals surface area contributed by atoms with E-state index in [-0.39, 0.29) is 6.10 Å². The number of hydrogen-bond donors (Lipinski definition) is 3. The van der Waals surface area contributed by atoms with Gasteiger partial charge in [-0.25, -0.2) is 9.97 Å². The molecule has 0 bridgehead atoms. The zero-order valence-corrected chi connectivity index (χ0v) is 30.9. The SMILES string of the molecule is CC(C)CCC[C@@H](C)[C@H]1CC[C@H]2[C@@H]3CC=C4C[C@@H](O)CC[C@]4(C)[C@H]3CC[C@]12C.NCCN.c1ccc(SSc2ccccn2)nc1. The number of fused-ring (bicyclic) bond motifs is 5. The summed E-state index contributed by atoms with van der Waals surface area (Å²) in [5.74, 6) is 5.46. The van der Waals surface area contributed by atoms with Gasteiger partial charge in [0.15, 0.2) is 0 Å². The van der Waals surface area contributed by atoms with Gasteiger partial charge in [0.25, 0.3) is 0 Å². The number of aliphatic hydroxyl groups excluding tert-OH is 1. The summed E-state index contributed by atoms with van der Waals surface area (Å²) in [5, 5.41) is 12.2. The third-order valence-corrected chi connectivity index (χ3v) is 14.1. The quantitative estimate of drug-likeness (QED) is 0.181. The summed E-state index contributed by atoms with van der Waals surface area (Å²) in [5.41, 5.74) is 12.4. The van der Waals surface area contributed by atoms with Crippen molar-refractivity contribution in [2.75, 3.05) is 13.1 Å². The highest BCUT2D eigenvalue weighted by atomic mass is 33.1. The van der Waals surface area contributed by atoms with E-state index in [1.807, 2.05) is 36.4 Å². The molecule has 4 aliphatic rings. The maximum Gasteiger partial charge on any atom is 0.107 e. The maximum absolute atomic E-state index is 10.2. The first-order chi connectivity index (χ1) is 22.1. The number of allylic oxidation sites excluding steroid dienone is 1. The van der Waals surface area contributed by atoms with Crippen molar-refractivity contribution in [1.29, 1.82) is 0 Å². The zero-order valence-electron chi connectivity index (χ0n) is 29.2. The van der Waals surface area contributed by atoms with Gasteiger partial charge in [-0.15, -0.1) is 0 Å². The molecule has 6 rings (SSSR count). The molecule has 0 unspecified atom stereocenters. The summed E-state index contributed by atoms with van der Waals surface area (Å²) >= 11 is 0. The summed E-state index contributed by atoms with van der Waals surface area (Å²) < 4.78 is 0. The van der Waals surface area contributed by atoms with Crippen LogP contribution < -0.4 is 11.5 Å². The molecule has 5 N–H and O–H groups in total. The normalized spacial score (nSPS) is 32.0. The van der Waals surface area contributed by atoms with Crippen LogP contribution in [0.2, 0.25) is 0 Å². The minimum atomic E-state index is -0.0766. The van der Waals surface area contributed by atoms with Gasteiger partial charge < -0.3 is 16.6 Å². The first-order valence-electron chi connectivity index (χ1n) is 18.1. The van der Waals surface area contributed by atoms with Gasteiger partial charge in [0, 0.05) is 25.5 Å². The second kappa shape index (κ2) is 17.9. The fourth-order valence-electron chi connectivity index (χ4n) is 9.54. The van der Waals surface area contributed by atoms with E-state index in [2.05, 4.69) is 50.7 Å². The highest BCUT2D eigenvalue weighted by molar-refractivity contribution is 8.76. The average Bonchev–Trinajstić information content (AvgIpc) is 3.42. The minimum absolute atomic E-state index is 0.0766. The summed E-state index contributed by atoms with van der Waals surface area (Å²) in [4.78, 5) is 8.42. The molecule has 3 fully saturated rings. The third kappa shape index (κ3) is 9.40. The van der Waals surface area contributed by atoms with Crippen LogP contribution in [0.25, 0.3) is 0 Å². The van der Waals surface area contributed by atoms with Crippen LogP contribution in [0, 0.1) is 46.3 Å². The Morgan fingerprint density at radius 3 is 2.07 bits per heavy atom. The van der Waals surface area contributed by atoms with E-state index in [1.165, 1.54) is 57.8 Å². The second-order valence-electron chi connectivity index (χ2n) is 15.3. The summed E-state index contributed by atoms with van der Waals surface area (Å²) in [6.45, 7) is 13.8. The van der Waals surface area contributed by atoms with Gasteiger partial charge in [-0.1, -0.05) is 77.7 Å². The Bertz CT molecular complexity index is 1160. The van der Waals surface area contributed by atoms with Gasteiger partial charge in [-0.2, -0.15) is 0 Å². The molecule has 2 aromatic heterocycles.